The van der Waals surface area contributed by atoms with Crippen LogP contribution in [0.4, 0.5) is 4.79 Å². The Morgan fingerprint density at radius 1 is 1.32 bits per heavy atom. The van der Waals surface area contributed by atoms with Crippen LogP contribution in [0, 0.1) is 0 Å². The number of carbonyl (C=O) groups is 3. The highest BCUT2D eigenvalue weighted by molar-refractivity contribution is 7.73. The molecule has 2 aliphatic rings. The highest BCUT2D eigenvalue weighted by Gasteiger charge is 2.33. The van der Waals surface area contributed by atoms with Gasteiger partial charge < -0.3 is 9.57 Å². The molecule has 124 valence electrons. The van der Waals surface area contributed by atoms with Gasteiger partial charge in [0.25, 0.3) is 11.8 Å². The van der Waals surface area contributed by atoms with Crippen LogP contribution in [0.15, 0.2) is 0 Å². The lowest BCUT2D eigenvalue weighted by molar-refractivity contribution is -0.381. The summed E-state index contributed by atoms with van der Waals surface area (Å²) in [6, 6.07) is 0. The second-order valence-corrected chi connectivity index (χ2v) is 7.28. The summed E-state index contributed by atoms with van der Waals surface area (Å²) >= 11 is 0. The number of hydrogen-bond acceptors (Lipinski definition) is 7. The van der Waals surface area contributed by atoms with E-state index in [1.165, 1.54) is 0 Å². The van der Waals surface area contributed by atoms with Gasteiger partial charge in [0.2, 0.25) is 0 Å². The SMILES string of the molecule is CP(CCOOC1CCCCO1)C(=O)ON1C(=O)CCC1=O. The second-order valence-electron chi connectivity index (χ2n) is 5.07. The molecule has 8 nitrogen and oxygen atoms in total. The number of amides is 2. The van der Waals surface area contributed by atoms with Gasteiger partial charge in [0, 0.05) is 40.0 Å². The normalized spacial score (nSPS) is 23.7. The Morgan fingerprint density at radius 2 is 2.05 bits per heavy atom. The molecule has 22 heavy (non-hydrogen) atoms. The van der Waals surface area contributed by atoms with Crippen molar-refractivity contribution in [3.8, 4) is 0 Å². The Morgan fingerprint density at radius 3 is 2.68 bits per heavy atom. The average Bonchev–Trinajstić information content (AvgIpc) is 2.84. The first-order valence-electron chi connectivity index (χ1n) is 7.26. The van der Waals surface area contributed by atoms with Crippen molar-refractivity contribution in [3.05, 3.63) is 0 Å². The molecular weight excluding hydrogens is 313 g/mol. The number of carbonyl (C=O) groups excluding carboxylic acids is 3. The Bertz CT molecular complexity index is 409. The standard InChI is InChI=1S/C13H20NO7P/c1-22(9-8-19-21-12-4-2-3-7-18-12)13(17)20-14-10(15)5-6-11(14)16/h12H,2-9H2,1H3. The number of nitrogens with zero attached hydrogens (tertiary/aromatic N) is 1. The Kier molecular flexibility index (Phi) is 6.70. The minimum Gasteiger partial charge on any atom is -0.350 e. The molecule has 2 atom stereocenters. The lowest BCUT2D eigenvalue weighted by Crippen LogP contribution is -2.31. The molecule has 2 saturated heterocycles. The fourth-order valence-corrected chi connectivity index (χ4v) is 2.73. The molecule has 2 unspecified atom stereocenters. The minimum atomic E-state index is -1.18. The van der Waals surface area contributed by atoms with Crippen LogP contribution in [0.5, 0.6) is 0 Å². The predicted octanol–water partition coefficient (Wildman–Crippen LogP) is 1.77. The third-order valence-electron chi connectivity index (χ3n) is 3.31. The summed E-state index contributed by atoms with van der Waals surface area (Å²) in [6.45, 7) is 2.58. The van der Waals surface area contributed by atoms with E-state index in [1.807, 2.05) is 0 Å². The van der Waals surface area contributed by atoms with Gasteiger partial charge in [-0.2, -0.15) is 0 Å². The molecule has 0 radical (unpaired) electrons. The van der Waals surface area contributed by atoms with Crippen LogP contribution in [-0.4, -0.2) is 54.9 Å². The first kappa shape index (κ1) is 17.3. The van der Waals surface area contributed by atoms with Crippen molar-refractivity contribution in [1.29, 1.82) is 0 Å². The minimum absolute atomic E-state index is 0.0894. The van der Waals surface area contributed by atoms with E-state index >= 15 is 0 Å². The summed E-state index contributed by atoms with van der Waals surface area (Å²) in [7, 11) is -1.18. The number of hydrogen-bond donors (Lipinski definition) is 0. The number of hydroxylamine groups is 2. The van der Waals surface area contributed by atoms with Gasteiger partial charge in [-0.15, -0.1) is 5.06 Å². The number of ether oxygens (including phenoxy) is 1. The van der Waals surface area contributed by atoms with Crippen molar-refractivity contribution in [2.75, 3.05) is 26.0 Å². The van der Waals surface area contributed by atoms with Gasteiger partial charge in [0.15, 0.2) is 6.29 Å². The third kappa shape index (κ3) is 4.98. The smallest absolute Gasteiger partial charge is 0.350 e. The molecule has 2 aliphatic heterocycles. The number of imide groups is 1. The molecule has 2 rings (SSSR count). The van der Waals surface area contributed by atoms with E-state index in [9.17, 15) is 14.4 Å². The van der Waals surface area contributed by atoms with Gasteiger partial charge in [-0.25, -0.2) is 14.6 Å². The molecule has 0 aromatic rings. The fraction of sp³-hybridized carbons (Fsp3) is 0.769. The zero-order valence-corrected chi connectivity index (χ0v) is 13.4. The van der Waals surface area contributed by atoms with Crippen molar-refractivity contribution in [2.45, 2.75) is 38.4 Å². The van der Waals surface area contributed by atoms with Crippen LogP contribution < -0.4 is 0 Å². The third-order valence-corrected chi connectivity index (χ3v) is 4.87. The molecule has 0 bridgehead atoms. The zero-order valence-electron chi connectivity index (χ0n) is 12.5. The van der Waals surface area contributed by atoms with Crippen molar-refractivity contribution < 1.29 is 33.7 Å². The van der Waals surface area contributed by atoms with Crippen molar-refractivity contribution in [3.63, 3.8) is 0 Å². The van der Waals surface area contributed by atoms with E-state index in [1.54, 1.807) is 6.66 Å². The largest absolute Gasteiger partial charge is 0.351 e. The van der Waals surface area contributed by atoms with Crippen LogP contribution in [0.2, 0.25) is 0 Å². The van der Waals surface area contributed by atoms with Gasteiger partial charge in [-0.3, -0.25) is 9.59 Å². The van der Waals surface area contributed by atoms with E-state index in [4.69, 9.17) is 19.3 Å². The summed E-state index contributed by atoms with van der Waals surface area (Å²) in [5, 5.41) is 0.564. The molecule has 0 saturated carbocycles. The Balaban J connectivity index is 1.61. The monoisotopic (exact) mass is 333 g/mol. The van der Waals surface area contributed by atoms with Crippen LogP contribution in [0.1, 0.15) is 32.1 Å². The van der Waals surface area contributed by atoms with E-state index in [0.717, 1.165) is 19.3 Å². The van der Waals surface area contributed by atoms with E-state index < -0.39 is 25.4 Å². The maximum absolute atomic E-state index is 11.8. The van der Waals surface area contributed by atoms with Crippen molar-refractivity contribution in [2.24, 2.45) is 0 Å². The zero-order chi connectivity index (χ0) is 15.9. The van der Waals surface area contributed by atoms with Crippen LogP contribution in [0.25, 0.3) is 0 Å². The molecule has 2 fully saturated rings. The average molecular weight is 333 g/mol. The highest BCUT2D eigenvalue weighted by Crippen LogP contribution is 2.34. The molecule has 0 aromatic heterocycles. The molecule has 0 aromatic carbocycles. The molecule has 0 aliphatic carbocycles. The maximum Gasteiger partial charge on any atom is 0.351 e. The Hall–Kier alpha value is -1.08. The molecular formula is C13H20NO7P. The summed E-state index contributed by atoms with van der Waals surface area (Å²) in [5.74, 6) is -0.952. The van der Waals surface area contributed by atoms with Crippen molar-refractivity contribution in [1.82, 2.24) is 5.06 Å². The summed E-state index contributed by atoms with van der Waals surface area (Å²) in [4.78, 5) is 49.5. The summed E-state index contributed by atoms with van der Waals surface area (Å²) in [6.07, 6.45) is 3.11. The summed E-state index contributed by atoms with van der Waals surface area (Å²) < 4.78 is 5.33. The predicted molar refractivity (Wildman–Crippen MR) is 75.9 cm³/mol. The number of rotatable bonds is 7. The van der Waals surface area contributed by atoms with Crippen molar-refractivity contribution >= 4 is 25.4 Å². The lowest BCUT2D eigenvalue weighted by atomic mass is 10.2. The maximum atomic E-state index is 11.8. The van der Waals surface area contributed by atoms with E-state index in [-0.39, 0.29) is 25.7 Å². The Labute approximate surface area is 129 Å². The van der Waals surface area contributed by atoms with E-state index in [0.29, 0.717) is 17.8 Å². The molecule has 2 heterocycles. The summed E-state index contributed by atoms with van der Waals surface area (Å²) in [5.41, 5.74) is -0.573. The molecule has 0 spiro atoms. The van der Waals surface area contributed by atoms with Gasteiger partial charge in [-0.1, -0.05) is 0 Å². The first-order chi connectivity index (χ1) is 10.6. The van der Waals surface area contributed by atoms with E-state index in [2.05, 4.69) is 0 Å². The van der Waals surface area contributed by atoms with Gasteiger partial charge in [0.1, 0.15) is 0 Å². The first-order valence-corrected chi connectivity index (χ1v) is 9.24. The second kappa shape index (κ2) is 8.53. The molecule has 9 heteroatoms. The highest BCUT2D eigenvalue weighted by atomic mass is 31.1. The van der Waals surface area contributed by atoms with Gasteiger partial charge >= 0.3 is 5.71 Å². The molecule has 0 N–H and O–H groups in total. The van der Waals surface area contributed by atoms with Gasteiger partial charge in [-0.05, 0) is 19.5 Å². The van der Waals surface area contributed by atoms with Gasteiger partial charge in [0.05, 0.1) is 6.61 Å². The quantitative estimate of drug-likeness (QED) is 0.230. The van der Waals surface area contributed by atoms with Crippen LogP contribution >= 0.6 is 7.92 Å². The van der Waals surface area contributed by atoms with Crippen LogP contribution in [0.3, 0.4) is 0 Å². The topological polar surface area (TPSA) is 91.4 Å². The van der Waals surface area contributed by atoms with Crippen LogP contribution in [-0.2, 0) is 28.9 Å². The molecule has 2 amide bonds. The fourth-order valence-electron chi connectivity index (χ4n) is 1.98. The lowest BCUT2D eigenvalue weighted by Gasteiger charge is -2.21.